The van der Waals surface area contributed by atoms with Gasteiger partial charge < -0.3 is 9.73 Å². The van der Waals surface area contributed by atoms with Crippen LogP contribution >= 0.6 is 0 Å². The van der Waals surface area contributed by atoms with Crippen LogP contribution in [0, 0.1) is 5.92 Å². The summed E-state index contributed by atoms with van der Waals surface area (Å²) in [4.78, 5) is 11.5. The highest BCUT2D eigenvalue weighted by Gasteiger charge is 2.14. The van der Waals surface area contributed by atoms with E-state index in [1.165, 1.54) is 10.1 Å². The molecule has 2 aromatic rings. The van der Waals surface area contributed by atoms with Crippen molar-refractivity contribution in [3.8, 4) is 0 Å². The van der Waals surface area contributed by atoms with Crippen LogP contribution in [0.1, 0.15) is 38.8 Å². The molecule has 1 aromatic heterocycles. The molecule has 2 rings (SSSR count). The van der Waals surface area contributed by atoms with E-state index in [9.17, 15) is 4.79 Å². The maximum Gasteiger partial charge on any atom is 0.419 e. The molecule has 0 saturated carbocycles. The second-order valence-corrected chi connectivity index (χ2v) is 5.39. The molecule has 0 aliphatic carbocycles. The van der Waals surface area contributed by atoms with E-state index in [2.05, 4.69) is 32.2 Å². The molecular formula is C15H22N2O2. The first kappa shape index (κ1) is 13.9. The number of hydrogen-bond acceptors (Lipinski definition) is 3. The van der Waals surface area contributed by atoms with Crippen molar-refractivity contribution in [2.75, 3.05) is 6.54 Å². The number of rotatable bonds is 5. The zero-order valence-electron chi connectivity index (χ0n) is 12.1. The van der Waals surface area contributed by atoms with Crippen LogP contribution in [0.15, 0.2) is 27.4 Å². The lowest BCUT2D eigenvalue weighted by Gasteiger charge is -2.20. The van der Waals surface area contributed by atoms with E-state index in [1.54, 1.807) is 7.05 Å². The summed E-state index contributed by atoms with van der Waals surface area (Å²) in [7, 11) is 1.73. The Morgan fingerprint density at radius 3 is 2.74 bits per heavy atom. The summed E-state index contributed by atoms with van der Waals surface area (Å²) in [5.74, 6) is 0.304. The molecule has 0 aliphatic heterocycles. The molecule has 0 aliphatic rings. The summed E-state index contributed by atoms with van der Waals surface area (Å²) in [5.41, 5.74) is 2.68. The highest BCUT2D eigenvalue weighted by molar-refractivity contribution is 5.73. The van der Waals surface area contributed by atoms with Gasteiger partial charge in [0.2, 0.25) is 0 Å². The van der Waals surface area contributed by atoms with Gasteiger partial charge >= 0.3 is 5.76 Å². The van der Waals surface area contributed by atoms with E-state index in [4.69, 9.17) is 4.42 Å². The Balaban J connectivity index is 2.40. The normalized spacial score (nSPS) is 13.3. The Kier molecular flexibility index (Phi) is 4.10. The summed E-state index contributed by atoms with van der Waals surface area (Å²) < 4.78 is 6.78. The number of fused-ring (bicyclic) bond motifs is 1. The van der Waals surface area contributed by atoms with Crippen molar-refractivity contribution in [3.05, 3.63) is 34.3 Å². The van der Waals surface area contributed by atoms with Crippen molar-refractivity contribution in [2.45, 2.75) is 33.2 Å². The van der Waals surface area contributed by atoms with Gasteiger partial charge in [0.05, 0.1) is 5.52 Å². The third-order valence-electron chi connectivity index (χ3n) is 3.38. The van der Waals surface area contributed by atoms with Gasteiger partial charge in [-0.15, -0.1) is 0 Å². The third kappa shape index (κ3) is 2.89. The van der Waals surface area contributed by atoms with Gasteiger partial charge in [-0.25, -0.2) is 4.79 Å². The Morgan fingerprint density at radius 1 is 1.37 bits per heavy atom. The zero-order chi connectivity index (χ0) is 14.0. The molecule has 0 spiro atoms. The number of nitrogens with one attached hydrogen (secondary N) is 1. The SMILES string of the molecule is CCNC(CC(C)C)c1ccc2c(c1)oc(=O)n2C. The fourth-order valence-electron chi connectivity index (χ4n) is 2.42. The van der Waals surface area contributed by atoms with Crippen LogP contribution in [0.3, 0.4) is 0 Å². The number of benzene rings is 1. The van der Waals surface area contributed by atoms with Gasteiger partial charge in [-0.2, -0.15) is 0 Å². The standard InChI is InChI=1S/C15H22N2O2/c1-5-16-12(8-10(2)3)11-6-7-13-14(9-11)19-15(18)17(13)4/h6-7,9-10,12,16H,5,8H2,1-4H3. The minimum atomic E-state index is -0.309. The summed E-state index contributed by atoms with van der Waals surface area (Å²) in [6, 6.07) is 6.32. The van der Waals surface area contributed by atoms with E-state index in [1.807, 2.05) is 12.1 Å². The molecule has 0 bridgehead atoms. The molecule has 1 heterocycles. The number of nitrogens with zero attached hydrogens (tertiary/aromatic N) is 1. The Labute approximate surface area is 113 Å². The Morgan fingerprint density at radius 2 is 2.11 bits per heavy atom. The molecular weight excluding hydrogens is 240 g/mol. The van der Waals surface area contributed by atoms with Crippen LogP contribution in [0.4, 0.5) is 0 Å². The summed E-state index contributed by atoms with van der Waals surface area (Å²) in [5, 5.41) is 3.49. The topological polar surface area (TPSA) is 47.2 Å². The van der Waals surface area contributed by atoms with Crippen LogP contribution in [0.5, 0.6) is 0 Å². The maximum absolute atomic E-state index is 11.5. The molecule has 0 radical (unpaired) electrons. The number of hydrogen-bond donors (Lipinski definition) is 1. The van der Waals surface area contributed by atoms with Crippen LogP contribution in [-0.2, 0) is 7.05 Å². The summed E-state index contributed by atoms with van der Waals surface area (Å²) >= 11 is 0. The van der Waals surface area contributed by atoms with Crippen molar-refractivity contribution in [2.24, 2.45) is 13.0 Å². The number of aryl methyl sites for hydroxylation is 1. The van der Waals surface area contributed by atoms with Gasteiger partial charge in [-0.1, -0.05) is 26.8 Å². The molecule has 4 heteroatoms. The molecule has 0 fully saturated rings. The van der Waals surface area contributed by atoms with Crippen molar-refractivity contribution in [1.29, 1.82) is 0 Å². The van der Waals surface area contributed by atoms with Crippen molar-refractivity contribution in [3.63, 3.8) is 0 Å². The predicted molar refractivity (Wildman–Crippen MR) is 77.3 cm³/mol. The molecule has 4 nitrogen and oxygen atoms in total. The first-order valence-electron chi connectivity index (χ1n) is 6.85. The Hall–Kier alpha value is -1.55. The van der Waals surface area contributed by atoms with E-state index < -0.39 is 0 Å². The molecule has 1 atom stereocenters. The lowest BCUT2D eigenvalue weighted by atomic mass is 9.97. The molecule has 1 unspecified atom stereocenters. The fraction of sp³-hybridized carbons (Fsp3) is 0.533. The highest BCUT2D eigenvalue weighted by atomic mass is 16.4. The van der Waals surface area contributed by atoms with Crippen molar-refractivity contribution in [1.82, 2.24) is 9.88 Å². The average molecular weight is 262 g/mol. The minimum Gasteiger partial charge on any atom is -0.408 e. The second-order valence-electron chi connectivity index (χ2n) is 5.39. The highest BCUT2D eigenvalue weighted by Crippen LogP contribution is 2.24. The minimum absolute atomic E-state index is 0.305. The van der Waals surface area contributed by atoms with Crippen LogP contribution in [0.25, 0.3) is 11.1 Å². The van der Waals surface area contributed by atoms with E-state index in [-0.39, 0.29) is 5.76 Å². The lowest BCUT2D eigenvalue weighted by molar-refractivity contribution is 0.438. The molecule has 0 saturated heterocycles. The van der Waals surface area contributed by atoms with Gasteiger partial charge in [0, 0.05) is 13.1 Å². The summed E-state index contributed by atoms with van der Waals surface area (Å²) in [6.07, 6.45) is 1.07. The van der Waals surface area contributed by atoms with E-state index >= 15 is 0 Å². The van der Waals surface area contributed by atoms with Gasteiger partial charge in [0.25, 0.3) is 0 Å². The second kappa shape index (κ2) is 5.61. The van der Waals surface area contributed by atoms with Gasteiger partial charge in [0.15, 0.2) is 5.58 Å². The van der Waals surface area contributed by atoms with Gasteiger partial charge in [0.1, 0.15) is 0 Å². The van der Waals surface area contributed by atoms with Crippen LogP contribution in [-0.4, -0.2) is 11.1 Å². The quantitative estimate of drug-likeness (QED) is 0.901. The monoisotopic (exact) mass is 262 g/mol. The largest absolute Gasteiger partial charge is 0.419 e. The zero-order valence-corrected chi connectivity index (χ0v) is 12.1. The maximum atomic E-state index is 11.5. The molecule has 1 aromatic carbocycles. The molecule has 0 amide bonds. The van der Waals surface area contributed by atoms with Crippen molar-refractivity contribution < 1.29 is 4.42 Å². The average Bonchev–Trinajstić information content (AvgIpc) is 2.63. The fourth-order valence-corrected chi connectivity index (χ4v) is 2.42. The summed E-state index contributed by atoms with van der Waals surface area (Å²) in [6.45, 7) is 7.46. The van der Waals surface area contributed by atoms with Crippen molar-refractivity contribution >= 4 is 11.1 Å². The van der Waals surface area contributed by atoms with E-state index in [0.29, 0.717) is 17.5 Å². The third-order valence-corrected chi connectivity index (χ3v) is 3.38. The predicted octanol–water partition coefficient (Wildman–Crippen LogP) is 2.83. The van der Waals surface area contributed by atoms with E-state index in [0.717, 1.165) is 18.5 Å². The van der Waals surface area contributed by atoms with Gasteiger partial charge in [-0.05, 0) is 36.6 Å². The smallest absolute Gasteiger partial charge is 0.408 e. The molecule has 19 heavy (non-hydrogen) atoms. The first-order valence-corrected chi connectivity index (χ1v) is 6.85. The van der Waals surface area contributed by atoms with Crippen LogP contribution < -0.4 is 11.1 Å². The number of oxazole rings is 1. The molecule has 104 valence electrons. The van der Waals surface area contributed by atoms with Gasteiger partial charge in [-0.3, -0.25) is 4.57 Å². The number of aromatic nitrogens is 1. The first-order chi connectivity index (χ1) is 9.02. The lowest BCUT2D eigenvalue weighted by Crippen LogP contribution is -2.22. The molecule has 1 N–H and O–H groups in total. The van der Waals surface area contributed by atoms with Crippen LogP contribution in [0.2, 0.25) is 0 Å². The Bertz CT molecular complexity index is 610.